The number of alkyl halides is 2. The lowest BCUT2D eigenvalue weighted by Crippen LogP contribution is -2.19. The molecule has 0 fully saturated rings. The van der Waals surface area contributed by atoms with Crippen LogP contribution in [0.2, 0.25) is 0 Å². The first-order valence-corrected chi connectivity index (χ1v) is 10.5. The minimum absolute atomic E-state index is 0.0904. The Labute approximate surface area is 172 Å². The van der Waals surface area contributed by atoms with Crippen molar-refractivity contribution in [3.8, 4) is 17.1 Å². The van der Waals surface area contributed by atoms with Crippen LogP contribution in [0.4, 0.5) is 8.78 Å². The zero-order chi connectivity index (χ0) is 20.7. The number of aryl methyl sites for hydroxylation is 1. The summed E-state index contributed by atoms with van der Waals surface area (Å²) in [6.45, 7) is 1.23. The van der Waals surface area contributed by atoms with E-state index < -0.39 is 12.8 Å². The predicted molar refractivity (Wildman–Crippen MR) is 112 cm³/mol. The molecular formula is C23H32F2N2O2. The van der Waals surface area contributed by atoms with Crippen molar-refractivity contribution < 1.29 is 18.3 Å². The molecule has 1 atom stereocenters. The first-order valence-electron chi connectivity index (χ1n) is 10.5. The van der Waals surface area contributed by atoms with Crippen LogP contribution in [0.1, 0.15) is 51.0 Å². The van der Waals surface area contributed by atoms with Gasteiger partial charge in [-0.05, 0) is 42.7 Å². The van der Waals surface area contributed by atoms with Crippen molar-refractivity contribution in [2.24, 2.45) is 0 Å². The monoisotopic (exact) mass is 406 g/mol. The molecule has 0 aliphatic rings. The van der Waals surface area contributed by atoms with Crippen molar-refractivity contribution in [1.82, 2.24) is 9.97 Å². The van der Waals surface area contributed by atoms with E-state index in [9.17, 15) is 8.78 Å². The van der Waals surface area contributed by atoms with Gasteiger partial charge in [-0.3, -0.25) is 0 Å². The molecule has 0 aliphatic heterocycles. The SMILES string of the molecule is CCCCCCCCc1cnc(-c2ccc(OC[C@H](F)COCCF)cc2)nc1. The van der Waals surface area contributed by atoms with Gasteiger partial charge in [0.25, 0.3) is 0 Å². The third-order valence-electron chi connectivity index (χ3n) is 4.59. The minimum Gasteiger partial charge on any atom is -0.490 e. The number of nitrogens with zero attached hydrogens (tertiary/aromatic N) is 2. The molecule has 0 radical (unpaired) electrons. The Morgan fingerprint density at radius 2 is 1.62 bits per heavy atom. The highest BCUT2D eigenvalue weighted by Gasteiger charge is 2.08. The molecule has 2 aromatic rings. The van der Waals surface area contributed by atoms with Crippen LogP contribution in [0.25, 0.3) is 11.4 Å². The third-order valence-corrected chi connectivity index (χ3v) is 4.59. The fourth-order valence-electron chi connectivity index (χ4n) is 2.94. The van der Waals surface area contributed by atoms with Gasteiger partial charge in [0.2, 0.25) is 0 Å². The number of rotatable bonds is 15. The van der Waals surface area contributed by atoms with E-state index in [-0.39, 0.29) is 19.8 Å². The molecular weight excluding hydrogens is 374 g/mol. The summed E-state index contributed by atoms with van der Waals surface area (Å²) in [6, 6.07) is 7.23. The molecule has 29 heavy (non-hydrogen) atoms. The lowest BCUT2D eigenvalue weighted by Gasteiger charge is -2.11. The number of hydrogen-bond acceptors (Lipinski definition) is 4. The Bertz CT molecular complexity index is 666. The van der Waals surface area contributed by atoms with Crippen LogP contribution in [-0.4, -0.2) is 42.6 Å². The predicted octanol–water partition coefficient (Wildman–Crippen LogP) is 5.75. The van der Waals surface area contributed by atoms with Gasteiger partial charge in [0.05, 0.1) is 13.2 Å². The highest BCUT2D eigenvalue weighted by Crippen LogP contribution is 2.20. The average Bonchev–Trinajstić information content (AvgIpc) is 2.76. The number of hydrogen-bond donors (Lipinski definition) is 0. The Balaban J connectivity index is 1.74. The third kappa shape index (κ3) is 9.31. The van der Waals surface area contributed by atoms with E-state index in [2.05, 4.69) is 16.9 Å². The van der Waals surface area contributed by atoms with Crippen molar-refractivity contribution >= 4 is 0 Å². The molecule has 0 aliphatic carbocycles. The summed E-state index contributed by atoms with van der Waals surface area (Å²) in [5, 5.41) is 0. The minimum atomic E-state index is -1.29. The summed E-state index contributed by atoms with van der Waals surface area (Å²) in [6.07, 6.45) is 11.2. The Hall–Kier alpha value is -2.08. The molecule has 1 aromatic carbocycles. The van der Waals surface area contributed by atoms with Crippen LogP contribution in [0.15, 0.2) is 36.7 Å². The summed E-state index contributed by atoms with van der Waals surface area (Å²) < 4.78 is 35.7. The van der Waals surface area contributed by atoms with E-state index in [1.807, 2.05) is 24.5 Å². The van der Waals surface area contributed by atoms with E-state index in [1.54, 1.807) is 12.1 Å². The standard InChI is InChI=1S/C23H32F2N2O2/c1-2-3-4-5-6-7-8-19-15-26-23(27-16-19)20-9-11-22(12-10-20)29-18-21(25)17-28-14-13-24/h9-12,15-16,21H,2-8,13-14,17-18H2,1H3/t21-/m1/s1. The number of aromatic nitrogens is 2. The van der Waals surface area contributed by atoms with E-state index in [4.69, 9.17) is 9.47 Å². The van der Waals surface area contributed by atoms with Crippen LogP contribution in [0.3, 0.4) is 0 Å². The molecule has 0 bridgehead atoms. The molecule has 6 heteroatoms. The summed E-state index contributed by atoms with van der Waals surface area (Å²) in [4.78, 5) is 8.93. The van der Waals surface area contributed by atoms with Crippen LogP contribution < -0.4 is 4.74 Å². The molecule has 160 valence electrons. The molecule has 0 N–H and O–H groups in total. The zero-order valence-electron chi connectivity index (χ0n) is 17.3. The van der Waals surface area contributed by atoms with Crippen molar-refractivity contribution in [3.63, 3.8) is 0 Å². The fourth-order valence-corrected chi connectivity index (χ4v) is 2.94. The maximum absolute atomic E-state index is 13.6. The van der Waals surface area contributed by atoms with E-state index >= 15 is 0 Å². The molecule has 0 unspecified atom stereocenters. The molecule has 2 rings (SSSR count). The number of halogens is 2. The Morgan fingerprint density at radius 1 is 0.931 bits per heavy atom. The molecule has 0 saturated heterocycles. The van der Waals surface area contributed by atoms with Crippen molar-refractivity contribution in [1.29, 1.82) is 0 Å². The second kappa shape index (κ2) is 14.0. The molecule has 1 heterocycles. The summed E-state index contributed by atoms with van der Waals surface area (Å²) in [5.74, 6) is 1.22. The highest BCUT2D eigenvalue weighted by molar-refractivity contribution is 5.55. The van der Waals surface area contributed by atoms with Gasteiger partial charge >= 0.3 is 0 Å². The summed E-state index contributed by atoms with van der Waals surface area (Å²) in [7, 11) is 0. The Kier molecular flexibility index (Phi) is 11.2. The topological polar surface area (TPSA) is 44.2 Å². The van der Waals surface area contributed by atoms with Crippen molar-refractivity contribution in [3.05, 3.63) is 42.2 Å². The fraction of sp³-hybridized carbons (Fsp3) is 0.565. The van der Waals surface area contributed by atoms with Gasteiger partial charge < -0.3 is 9.47 Å². The maximum atomic E-state index is 13.6. The summed E-state index contributed by atoms with van der Waals surface area (Å²) in [5.41, 5.74) is 2.04. The quantitative estimate of drug-likeness (QED) is 0.353. The first-order chi connectivity index (χ1) is 14.2. The van der Waals surface area contributed by atoms with Crippen LogP contribution in [0.5, 0.6) is 5.75 Å². The summed E-state index contributed by atoms with van der Waals surface area (Å²) >= 11 is 0. The van der Waals surface area contributed by atoms with E-state index in [0.29, 0.717) is 11.6 Å². The van der Waals surface area contributed by atoms with E-state index in [0.717, 1.165) is 17.5 Å². The molecule has 1 aromatic heterocycles. The van der Waals surface area contributed by atoms with Gasteiger partial charge in [0, 0.05) is 18.0 Å². The molecule has 0 spiro atoms. The van der Waals surface area contributed by atoms with E-state index in [1.165, 1.54) is 38.5 Å². The molecule has 0 saturated carbocycles. The van der Waals surface area contributed by atoms with Crippen LogP contribution in [-0.2, 0) is 11.2 Å². The normalized spacial score (nSPS) is 12.1. The lowest BCUT2D eigenvalue weighted by atomic mass is 10.1. The second-order valence-corrected chi connectivity index (χ2v) is 7.13. The molecule has 0 amide bonds. The lowest BCUT2D eigenvalue weighted by molar-refractivity contribution is 0.0513. The first kappa shape index (κ1) is 23.2. The van der Waals surface area contributed by atoms with Crippen LogP contribution in [0, 0.1) is 0 Å². The van der Waals surface area contributed by atoms with Gasteiger partial charge in [0.15, 0.2) is 12.0 Å². The maximum Gasteiger partial charge on any atom is 0.159 e. The zero-order valence-corrected chi connectivity index (χ0v) is 17.3. The number of unbranched alkanes of at least 4 members (excludes halogenated alkanes) is 5. The average molecular weight is 407 g/mol. The van der Waals surface area contributed by atoms with Gasteiger partial charge in [-0.2, -0.15) is 0 Å². The van der Waals surface area contributed by atoms with Crippen molar-refractivity contribution in [2.45, 2.75) is 58.0 Å². The second-order valence-electron chi connectivity index (χ2n) is 7.13. The van der Waals surface area contributed by atoms with Gasteiger partial charge in [-0.25, -0.2) is 18.7 Å². The number of ether oxygens (including phenoxy) is 2. The van der Waals surface area contributed by atoms with Crippen LogP contribution >= 0.6 is 0 Å². The number of benzene rings is 1. The van der Waals surface area contributed by atoms with Crippen molar-refractivity contribution in [2.75, 3.05) is 26.5 Å². The largest absolute Gasteiger partial charge is 0.490 e. The highest BCUT2D eigenvalue weighted by atomic mass is 19.1. The smallest absolute Gasteiger partial charge is 0.159 e. The van der Waals surface area contributed by atoms with Gasteiger partial charge in [0.1, 0.15) is 19.0 Å². The Morgan fingerprint density at radius 3 is 2.31 bits per heavy atom. The van der Waals surface area contributed by atoms with Gasteiger partial charge in [-0.1, -0.05) is 39.0 Å². The van der Waals surface area contributed by atoms with Gasteiger partial charge in [-0.15, -0.1) is 0 Å². The molecule has 4 nitrogen and oxygen atoms in total.